The van der Waals surface area contributed by atoms with Crippen LogP contribution in [0.2, 0.25) is 5.02 Å². The van der Waals surface area contributed by atoms with Crippen LogP contribution in [0.15, 0.2) is 28.2 Å². The minimum absolute atomic E-state index is 0.0567. The maximum atomic E-state index is 10.2. The van der Waals surface area contributed by atoms with Crippen molar-refractivity contribution in [1.82, 2.24) is 0 Å². The maximum Gasteiger partial charge on any atom is 0.220 e. The molecule has 5 N–H and O–H groups in total. The Kier molecular flexibility index (Phi) is 3.41. The van der Waals surface area contributed by atoms with Crippen molar-refractivity contribution in [3.63, 3.8) is 0 Å². The van der Waals surface area contributed by atoms with Crippen molar-refractivity contribution in [2.45, 2.75) is 37.8 Å². The molecule has 2 aliphatic rings. The van der Waals surface area contributed by atoms with Crippen LogP contribution in [0.5, 0.6) is 5.75 Å². The molecule has 1 fully saturated rings. The van der Waals surface area contributed by atoms with E-state index in [9.17, 15) is 5.11 Å². The Morgan fingerprint density at radius 2 is 1.90 bits per heavy atom. The van der Waals surface area contributed by atoms with E-state index in [1.807, 2.05) is 0 Å². The summed E-state index contributed by atoms with van der Waals surface area (Å²) < 4.78 is 0. The molecular formula is C14H18ClN5O. The van der Waals surface area contributed by atoms with Crippen LogP contribution in [0.1, 0.15) is 32.1 Å². The molecule has 1 aliphatic carbocycles. The molecule has 6 nitrogen and oxygen atoms in total. The first-order chi connectivity index (χ1) is 10.0. The highest BCUT2D eigenvalue weighted by Gasteiger charge is 2.43. The van der Waals surface area contributed by atoms with E-state index < -0.39 is 5.66 Å². The average Bonchev–Trinajstić information content (AvgIpc) is 2.41. The standard InChI is InChI=1S/C14H18ClN5O/c15-9-4-5-10(11(21)8-9)20-13(17)18-12(16)19-14(20)6-2-1-3-7-14/h4-5,8,21H,1-3,6-7H2,(H4,16,17,18,19). The molecule has 0 unspecified atom stereocenters. The van der Waals surface area contributed by atoms with Gasteiger partial charge >= 0.3 is 0 Å². The Morgan fingerprint density at radius 1 is 1.19 bits per heavy atom. The van der Waals surface area contributed by atoms with Gasteiger partial charge in [0.15, 0.2) is 0 Å². The molecule has 21 heavy (non-hydrogen) atoms. The fraction of sp³-hybridized carbons (Fsp3) is 0.429. The third-order valence-electron chi connectivity index (χ3n) is 4.03. The van der Waals surface area contributed by atoms with E-state index in [0.29, 0.717) is 10.7 Å². The molecule has 1 aliphatic heterocycles. The quantitative estimate of drug-likeness (QED) is 0.740. The zero-order valence-electron chi connectivity index (χ0n) is 11.6. The van der Waals surface area contributed by atoms with Gasteiger partial charge in [-0.05, 0) is 37.8 Å². The third-order valence-corrected chi connectivity index (χ3v) is 4.26. The predicted octanol–water partition coefficient (Wildman–Crippen LogP) is 2.16. The van der Waals surface area contributed by atoms with Crippen molar-refractivity contribution in [1.29, 1.82) is 0 Å². The third kappa shape index (κ3) is 2.40. The summed E-state index contributed by atoms with van der Waals surface area (Å²) in [7, 11) is 0. The summed E-state index contributed by atoms with van der Waals surface area (Å²) in [5.41, 5.74) is 11.9. The van der Waals surface area contributed by atoms with E-state index in [0.717, 1.165) is 32.1 Å². The van der Waals surface area contributed by atoms with Gasteiger partial charge in [0.05, 0.1) is 5.69 Å². The molecule has 0 aromatic heterocycles. The highest BCUT2D eigenvalue weighted by atomic mass is 35.5. The number of anilines is 1. The van der Waals surface area contributed by atoms with Crippen molar-refractivity contribution in [3.05, 3.63) is 23.2 Å². The highest BCUT2D eigenvalue weighted by molar-refractivity contribution is 6.30. The topological polar surface area (TPSA) is 100 Å². The van der Waals surface area contributed by atoms with Gasteiger partial charge in [-0.3, -0.25) is 4.90 Å². The lowest BCUT2D eigenvalue weighted by Gasteiger charge is -2.45. The van der Waals surface area contributed by atoms with Crippen LogP contribution in [0.3, 0.4) is 0 Å². The number of benzene rings is 1. The second kappa shape index (κ2) is 5.11. The minimum atomic E-state index is -0.556. The van der Waals surface area contributed by atoms with Crippen LogP contribution in [0.25, 0.3) is 0 Å². The Morgan fingerprint density at radius 3 is 2.57 bits per heavy atom. The van der Waals surface area contributed by atoms with Crippen LogP contribution in [0.4, 0.5) is 5.69 Å². The SMILES string of the molecule is NC1=NC2(CCCCC2)N(c2ccc(Cl)cc2O)C(N)=N1. The molecular weight excluding hydrogens is 290 g/mol. The van der Waals surface area contributed by atoms with E-state index in [-0.39, 0.29) is 17.7 Å². The molecule has 0 bridgehead atoms. The zero-order valence-corrected chi connectivity index (χ0v) is 12.3. The monoisotopic (exact) mass is 307 g/mol. The van der Waals surface area contributed by atoms with Gasteiger partial charge in [0.25, 0.3) is 0 Å². The molecule has 0 atom stereocenters. The molecule has 1 aromatic rings. The number of hydrogen-bond acceptors (Lipinski definition) is 6. The normalized spacial score (nSPS) is 21.1. The van der Waals surface area contributed by atoms with Crippen molar-refractivity contribution in [2.24, 2.45) is 21.5 Å². The van der Waals surface area contributed by atoms with E-state index in [4.69, 9.17) is 23.1 Å². The van der Waals surface area contributed by atoms with Gasteiger partial charge in [-0.15, -0.1) is 0 Å². The lowest BCUT2D eigenvalue weighted by atomic mass is 9.87. The average molecular weight is 308 g/mol. The van der Waals surface area contributed by atoms with Gasteiger partial charge < -0.3 is 16.6 Å². The van der Waals surface area contributed by atoms with E-state index >= 15 is 0 Å². The number of aliphatic imine (C=N–C) groups is 2. The summed E-state index contributed by atoms with van der Waals surface area (Å²) in [6.45, 7) is 0. The summed E-state index contributed by atoms with van der Waals surface area (Å²) in [6, 6.07) is 4.93. The molecule has 0 saturated heterocycles. The lowest BCUT2D eigenvalue weighted by molar-refractivity contribution is 0.303. The number of phenols is 1. The summed E-state index contributed by atoms with van der Waals surface area (Å²) in [4.78, 5) is 10.4. The number of guanidine groups is 2. The van der Waals surface area contributed by atoms with Gasteiger partial charge in [0.2, 0.25) is 11.9 Å². The smallest absolute Gasteiger partial charge is 0.220 e. The first-order valence-electron chi connectivity index (χ1n) is 7.00. The van der Waals surface area contributed by atoms with Gasteiger partial charge in [0, 0.05) is 11.1 Å². The first-order valence-corrected chi connectivity index (χ1v) is 7.38. The fourth-order valence-electron chi connectivity index (χ4n) is 3.16. The number of rotatable bonds is 1. The second-order valence-corrected chi connectivity index (χ2v) is 5.89. The van der Waals surface area contributed by atoms with Crippen molar-refractivity contribution in [3.8, 4) is 5.75 Å². The lowest BCUT2D eigenvalue weighted by Crippen LogP contribution is -2.58. The van der Waals surface area contributed by atoms with Crippen LogP contribution < -0.4 is 16.4 Å². The molecule has 0 amide bonds. The van der Waals surface area contributed by atoms with Gasteiger partial charge in [-0.2, -0.15) is 4.99 Å². The summed E-state index contributed by atoms with van der Waals surface area (Å²) in [5, 5.41) is 10.7. The molecule has 112 valence electrons. The predicted molar refractivity (Wildman–Crippen MR) is 84.7 cm³/mol. The second-order valence-electron chi connectivity index (χ2n) is 5.45. The molecule has 1 spiro atoms. The van der Waals surface area contributed by atoms with E-state index in [1.54, 1.807) is 17.0 Å². The Hall–Kier alpha value is -1.95. The van der Waals surface area contributed by atoms with Crippen LogP contribution in [-0.2, 0) is 0 Å². The van der Waals surface area contributed by atoms with Crippen LogP contribution in [0, 0.1) is 0 Å². The number of nitrogens with two attached hydrogens (primary N) is 2. The fourth-order valence-corrected chi connectivity index (χ4v) is 3.32. The molecule has 1 heterocycles. The maximum absolute atomic E-state index is 10.2. The Bertz CT molecular complexity index is 622. The Labute approximate surface area is 128 Å². The van der Waals surface area contributed by atoms with Gasteiger partial charge in [0.1, 0.15) is 11.4 Å². The van der Waals surface area contributed by atoms with E-state index in [2.05, 4.69) is 9.98 Å². The van der Waals surface area contributed by atoms with E-state index in [1.165, 1.54) is 6.07 Å². The number of hydrogen-bond donors (Lipinski definition) is 3. The Balaban J connectivity index is 2.10. The van der Waals surface area contributed by atoms with Gasteiger partial charge in [-0.1, -0.05) is 18.0 Å². The van der Waals surface area contributed by atoms with Crippen molar-refractivity contribution < 1.29 is 5.11 Å². The van der Waals surface area contributed by atoms with Crippen molar-refractivity contribution >= 4 is 29.2 Å². The van der Waals surface area contributed by atoms with Crippen molar-refractivity contribution in [2.75, 3.05) is 4.90 Å². The zero-order chi connectivity index (χ0) is 15.0. The molecule has 7 heteroatoms. The minimum Gasteiger partial charge on any atom is -0.506 e. The number of nitrogens with zero attached hydrogens (tertiary/aromatic N) is 3. The van der Waals surface area contributed by atoms with Gasteiger partial charge in [-0.25, -0.2) is 4.99 Å². The summed E-state index contributed by atoms with van der Waals surface area (Å²) in [5.74, 6) is 0.502. The highest BCUT2D eigenvalue weighted by Crippen LogP contribution is 2.42. The number of phenolic OH excluding ortho intramolecular Hbond substituents is 1. The number of aromatic hydroxyl groups is 1. The first kappa shape index (κ1) is 14.0. The summed E-state index contributed by atoms with van der Waals surface area (Å²) >= 11 is 5.91. The molecule has 3 rings (SSSR count). The number of halogens is 1. The molecule has 0 radical (unpaired) electrons. The van der Waals surface area contributed by atoms with Crippen LogP contribution >= 0.6 is 11.6 Å². The molecule has 1 aromatic carbocycles. The van der Waals surface area contributed by atoms with Crippen LogP contribution in [-0.4, -0.2) is 22.7 Å². The largest absolute Gasteiger partial charge is 0.506 e. The summed E-state index contributed by atoms with van der Waals surface area (Å²) in [6.07, 6.45) is 4.89. The molecule has 1 saturated carbocycles.